The first kappa shape index (κ1) is 13.4. The molecule has 0 bridgehead atoms. The highest BCUT2D eigenvalue weighted by atomic mass is 16.2. The van der Waals surface area contributed by atoms with Crippen LogP contribution in [0.1, 0.15) is 13.3 Å². The fourth-order valence-corrected chi connectivity index (χ4v) is 1.73. The molecule has 1 heterocycles. The van der Waals surface area contributed by atoms with Gasteiger partial charge in [-0.3, -0.25) is 9.69 Å². The summed E-state index contributed by atoms with van der Waals surface area (Å²) in [6, 6.07) is -0.354. The summed E-state index contributed by atoms with van der Waals surface area (Å²) in [4.78, 5) is 16.1. The van der Waals surface area contributed by atoms with Crippen LogP contribution >= 0.6 is 0 Å². The summed E-state index contributed by atoms with van der Waals surface area (Å²) >= 11 is 0. The highest BCUT2D eigenvalue weighted by Crippen LogP contribution is 1.97. The highest BCUT2D eigenvalue weighted by Gasteiger charge is 2.14. The molecule has 0 aromatic carbocycles. The van der Waals surface area contributed by atoms with E-state index in [0.29, 0.717) is 13.0 Å². The summed E-state index contributed by atoms with van der Waals surface area (Å²) < 4.78 is 0. The minimum atomic E-state index is -0.354. The summed E-state index contributed by atoms with van der Waals surface area (Å²) in [7, 11) is 2.14. The van der Waals surface area contributed by atoms with Gasteiger partial charge in [0.1, 0.15) is 0 Å². The van der Waals surface area contributed by atoms with Crippen LogP contribution in [0.2, 0.25) is 0 Å². The number of hydrogen-bond acceptors (Lipinski definition) is 4. The fourth-order valence-electron chi connectivity index (χ4n) is 1.73. The van der Waals surface area contributed by atoms with Crippen LogP contribution in [0.25, 0.3) is 0 Å². The first-order valence-electron chi connectivity index (χ1n) is 6.07. The fraction of sp³-hybridized carbons (Fsp3) is 0.909. The van der Waals surface area contributed by atoms with Crippen molar-refractivity contribution in [2.75, 3.05) is 46.3 Å². The van der Waals surface area contributed by atoms with E-state index in [4.69, 9.17) is 5.73 Å². The zero-order valence-corrected chi connectivity index (χ0v) is 10.4. The molecule has 5 nitrogen and oxygen atoms in total. The third kappa shape index (κ3) is 4.47. The Labute approximate surface area is 98.0 Å². The molecule has 0 aliphatic carbocycles. The summed E-state index contributed by atoms with van der Waals surface area (Å²) in [5.74, 6) is -0.0309. The topological polar surface area (TPSA) is 61.6 Å². The van der Waals surface area contributed by atoms with E-state index in [-0.39, 0.29) is 11.9 Å². The third-order valence-corrected chi connectivity index (χ3v) is 3.10. The molecule has 5 heteroatoms. The number of carbonyl (C=O) groups excluding carboxylic acids is 1. The van der Waals surface area contributed by atoms with Crippen LogP contribution in [0.3, 0.4) is 0 Å². The van der Waals surface area contributed by atoms with E-state index in [1.54, 1.807) is 0 Å². The number of hydrogen-bond donors (Lipinski definition) is 2. The second kappa shape index (κ2) is 6.83. The number of nitrogens with one attached hydrogen (secondary N) is 1. The summed E-state index contributed by atoms with van der Waals surface area (Å²) in [5, 5.41) is 2.87. The minimum Gasteiger partial charge on any atom is -0.353 e. The van der Waals surface area contributed by atoms with E-state index in [0.717, 1.165) is 32.7 Å². The second-order valence-corrected chi connectivity index (χ2v) is 4.45. The van der Waals surface area contributed by atoms with Gasteiger partial charge in [-0.1, -0.05) is 6.92 Å². The van der Waals surface area contributed by atoms with Crippen LogP contribution in [-0.4, -0.2) is 68.1 Å². The predicted molar refractivity (Wildman–Crippen MR) is 65.2 cm³/mol. The number of nitrogens with zero attached hydrogens (tertiary/aromatic N) is 2. The lowest BCUT2D eigenvalue weighted by atomic mass is 10.2. The molecule has 0 saturated carbocycles. The standard InChI is InChI=1S/C11H24N4O/c1-3-10(12)11(16)13-4-5-15-8-6-14(2)7-9-15/h10H,3-9,12H2,1-2H3,(H,13,16). The van der Waals surface area contributed by atoms with E-state index in [1.807, 2.05) is 6.92 Å². The molecule has 0 aromatic heterocycles. The van der Waals surface area contributed by atoms with Gasteiger partial charge in [-0.2, -0.15) is 0 Å². The molecule has 1 aliphatic heterocycles. The van der Waals surface area contributed by atoms with Gasteiger partial charge in [0.25, 0.3) is 0 Å². The number of rotatable bonds is 5. The van der Waals surface area contributed by atoms with Crippen molar-refractivity contribution in [3.8, 4) is 0 Å². The zero-order valence-electron chi connectivity index (χ0n) is 10.4. The molecule has 1 fully saturated rings. The van der Waals surface area contributed by atoms with Crippen molar-refractivity contribution in [3.63, 3.8) is 0 Å². The molecule has 0 aromatic rings. The van der Waals surface area contributed by atoms with Crippen molar-refractivity contribution in [1.82, 2.24) is 15.1 Å². The van der Waals surface area contributed by atoms with Crippen molar-refractivity contribution < 1.29 is 4.79 Å². The Bertz CT molecular complexity index is 214. The normalized spacial score (nSPS) is 20.7. The maximum Gasteiger partial charge on any atom is 0.236 e. The Morgan fingerprint density at radius 2 is 2.00 bits per heavy atom. The van der Waals surface area contributed by atoms with Gasteiger partial charge in [-0.15, -0.1) is 0 Å². The van der Waals surface area contributed by atoms with E-state index >= 15 is 0 Å². The number of likely N-dealkylation sites (N-methyl/N-ethyl adjacent to an activating group) is 1. The molecular formula is C11H24N4O. The van der Waals surface area contributed by atoms with Crippen LogP contribution in [0.4, 0.5) is 0 Å². The largest absolute Gasteiger partial charge is 0.353 e. The lowest BCUT2D eigenvalue weighted by Gasteiger charge is -2.32. The maximum absolute atomic E-state index is 11.4. The number of piperazine rings is 1. The second-order valence-electron chi connectivity index (χ2n) is 4.45. The quantitative estimate of drug-likeness (QED) is 0.639. The first-order chi connectivity index (χ1) is 7.63. The Morgan fingerprint density at radius 1 is 1.38 bits per heavy atom. The Morgan fingerprint density at radius 3 is 2.56 bits per heavy atom. The van der Waals surface area contributed by atoms with Gasteiger partial charge in [0, 0.05) is 39.3 Å². The van der Waals surface area contributed by atoms with Crippen molar-refractivity contribution in [2.24, 2.45) is 5.73 Å². The molecule has 1 aliphatic rings. The lowest BCUT2D eigenvalue weighted by molar-refractivity contribution is -0.122. The molecule has 1 amide bonds. The van der Waals surface area contributed by atoms with E-state index in [9.17, 15) is 4.79 Å². The van der Waals surface area contributed by atoms with E-state index < -0.39 is 0 Å². The van der Waals surface area contributed by atoms with Crippen molar-refractivity contribution in [3.05, 3.63) is 0 Å². The van der Waals surface area contributed by atoms with Crippen molar-refractivity contribution in [1.29, 1.82) is 0 Å². The van der Waals surface area contributed by atoms with Crippen LogP contribution < -0.4 is 11.1 Å². The van der Waals surface area contributed by atoms with Crippen LogP contribution in [-0.2, 0) is 4.79 Å². The van der Waals surface area contributed by atoms with Crippen LogP contribution in [0.5, 0.6) is 0 Å². The Balaban J connectivity index is 2.09. The van der Waals surface area contributed by atoms with Crippen molar-refractivity contribution in [2.45, 2.75) is 19.4 Å². The number of carbonyl (C=O) groups is 1. The Kier molecular flexibility index (Phi) is 5.73. The lowest BCUT2D eigenvalue weighted by Crippen LogP contribution is -2.48. The number of amides is 1. The summed E-state index contributed by atoms with van der Waals surface area (Å²) in [6.45, 7) is 7.96. The monoisotopic (exact) mass is 228 g/mol. The molecule has 94 valence electrons. The molecule has 1 saturated heterocycles. The van der Waals surface area contributed by atoms with Gasteiger partial charge in [0.2, 0.25) is 5.91 Å². The first-order valence-corrected chi connectivity index (χ1v) is 6.07. The molecule has 1 rings (SSSR count). The Hall–Kier alpha value is -0.650. The average Bonchev–Trinajstić information content (AvgIpc) is 2.30. The van der Waals surface area contributed by atoms with Crippen LogP contribution in [0.15, 0.2) is 0 Å². The molecule has 1 unspecified atom stereocenters. The molecule has 0 radical (unpaired) electrons. The summed E-state index contributed by atoms with van der Waals surface area (Å²) in [5.41, 5.74) is 5.62. The molecule has 1 atom stereocenters. The third-order valence-electron chi connectivity index (χ3n) is 3.10. The zero-order chi connectivity index (χ0) is 12.0. The van der Waals surface area contributed by atoms with Gasteiger partial charge in [0.05, 0.1) is 6.04 Å². The smallest absolute Gasteiger partial charge is 0.236 e. The van der Waals surface area contributed by atoms with Crippen LogP contribution in [0, 0.1) is 0 Å². The maximum atomic E-state index is 11.4. The van der Waals surface area contributed by atoms with E-state index in [2.05, 4.69) is 22.2 Å². The summed E-state index contributed by atoms with van der Waals surface area (Å²) in [6.07, 6.45) is 0.695. The van der Waals surface area contributed by atoms with Crippen molar-refractivity contribution >= 4 is 5.91 Å². The van der Waals surface area contributed by atoms with Gasteiger partial charge in [0.15, 0.2) is 0 Å². The molecular weight excluding hydrogens is 204 g/mol. The van der Waals surface area contributed by atoms with Gasteiger partial charge >= 0.3 is 0 Å². The van der Waals surface area contributed by atoms with Gasteiger partial charge in [-0.25, -0.2) is 0 Å². The van der Waals surface area contributed by atoms with Gasteiger partial charge < -0.3 is 16.0 Å². The number of nitrogens with two attached hydrogens (primary N) is 1. The minimum absolute atomic E-state index is 0.0309. The molecule has 3 N–H and O–H groups in total. The van der Waals surface area contributed by atoms with Gasteiger partial charge in [-0.05, 0) is 13.5 Å². The highest BCUT2D eigenvalue weighted by molar-refractivity contribution is 5.81. The average molecular weight is 228 g/mol. The predicted octanol–water partition coefficient (Wildman–Crippen LogP) is -0.913. The SMILES string of the molecule is CCC(N)C(=O)NCCN1CCN(C)CC1. The van der Waals surface area contributed by atoms with E-state index in [1.165, 1.54) is 0 Å². The molecule has 0 spiro atoms. The molecule has 16 heavy (non-hydrogen) atoms.